The van der Waals surface area contributed by atoms with Crippen LogP contribution in [0, 0.1) is 0 Å². The van der Waals surface area contributed by atoms with Gasteiger partial charge in [-0.1, -0.05) is 18.2 Å². The molecule has 1 amide bonds. The fourth-order valence-corrected chi connectivity index (χ4v) is 2.40. The van der Waals surface area contributed by atoms with Gasteiger partial charge < -0.3 is 10.2 Å². The van der Waals surface area contributed by atoms with Crippen LogP contribution in [0.2, 0.25) is 0 Å². The van der Waals surface area contributed by atoms with E-state index in [1.54, 1.807) is 18.2 Å². The molecule has 1 aromatic heterocycles. The molecule has 2 N–H and O–H groups in total. The van der Waals surface area contributed by atoms with Crippen LogP contribution in [0.3, 0.4) is 0 Å². The zero-order chi connectivity index (χ0) is 18.2. The minimum atomic E-state index is -0.129. The molecule has 2 aromatic rings. The third-order valence-corrected chi connectivity index (χ3v) is 3.64. The van der Waals surface area contributed by atoms with E-state index in [4.69, 9.17) is 0 Å². The summed E-state index contributed by atoms with van der Waals surface area (Å²) < 4.78 is 12.4. The van der Waals surface area contributed by atoms with Crippen molar-refractivity contribution in [2.24, 2.45) is 0 Å². The van der Waals surface area contributed by atoms with Gasteiger partial charge in [0, 0.05) is 29.6 Å². The van der Waals surface area contributed by atoms with Crippen LogP contribution in [0.1, 0.15) is 23.0 Å². The Morgan fingerprint density at radius 3 is 2.88 bits per heavy atom. The van der Waals surface area contributed by atoms with Crippen molar-refractivity contribution in [2.45, 2.75) is 6.92 Å². The van der Waals surface area contributed by atoms with Gasteiger partial charge in [0.25, 0.3) is 5.91 Å². The highest BCUT2D eigenvalue weighted by Crippen LogP contribution is 2.25. The monoisotopic (exact) mass is 342 g/mol. The number of rotatable bonds is 7. The number of carbonyl (C=O) groups is 1. The molecule has 0 saturated carbocycles. The van der Waals surface area contributed by atoms with E-state index in [1.807, 2.05) is 44.1 Å². The first-order valence-corrected chi connectivity index (χ1v) is 8.08. The summed E-state index contributed by atoms with van der Waals surface area (Å²) in [5.41, 5.74) is 2.82. The Morgan fingerprint density at radius 1 is 1.40 bits per heavy atom. The molecule has 0 unspecified atom stereocenters. The van der Waals surface area contributed by atoms with Gasteiger partial charge in [-0.15, -0.1) is 0 Å². The van der Waals surface area contributed by atoms with Crippen LogP contribution in [-0.4, -0.2) is 48.2 Å². The average Bonchev–Trinajstić information content (AvgIpc) is 3.01. The summed E-state index contributed by atoms with van der Waals surface area (Å²) in [6, 6.07) is 5.39. The molecule has 25 heavy (non-hydrogen) atoms. The number of allylic oxidation sites excluding steroid dienone is 5. The number of likely N-dealkylation sites (N-methyl/N-ethyl adjacent to an activating group) is 1. The highest BCUT2D eigenvalue weighted by Gasteiger charge is 2.12. The van der Waals surface area contributed by atoms with Crippen molar-refractivity contribution in [3.63, 3.8) is 0 Å². The summed E-state index contributed by atoms with van der Waals surface area (Å²) >= 11 is 0. The van der Waals surface area contributed by atoms with Crippen molar-refractivity contribution in [3.05, 3.63) is 60.1 Å². The largest absolute Gasteiger partial charge is 0.351 e. The Bertz CT molecular complexity index is 818. The number of aromatic amines is 1. The average molecular weight is 342 g/mol. The Kier molecular flexibility index (Phi) is 6.65. The summed E-state index contributed by atoms with van der Waals surface area (Å²) in [5.74, 6) is -0.129. The standard InChI is InChI=1S/C19H23FN4O/c1-4-6-14(7-5-10-20)18-16-13-15(8-9-17(16)22-23-18)19(25)21-11-12-24(2)3/h4-10,13H,11-12H2,1-3H3,(H,21,25)(H,22,23)/b6-4-,10-5+,14-7+. The summed E-state index contributed by atoms with van der Waals surface area (Å²) in [6.45, 7) is 3.23. The molecular formula is C19H23FN4O. The summed E-state index contributed by atoms with van der Waals surface area (Å²) in [7, 11) is 3.91. The van der Waals surface area contributed by atoms with Gasteiger partial charge in [0.05, 0.1) is 17.5 Å². The maximum atomic E-state index is 12.4. The second kappa shape index (κ2) is 8.94. The molecule has 0 radical (unpaired) electrons. The maximum Gasteiger partial charge on any atom is 0.251 e. The van der Waals surface area contributed by atoms with Gasteiger partial charge in [-0.05, 0) is 45.3 Å². The number of aromatic nitrogens is 2. The van der Waals surface area contributed by atoms with E-state index in [9.17, 15) is 9.18 Å². The summed E-state index contributed by atoms with van der Waals surface area (Å²) in [4.78, 5) is 14.3. The smallest absolute Gasteiger partial charge is 0.251 e. The molecule has 1 aromatic carbocycles. The maximum absolute atomic E-state index is 12.4. The molecule has 0 aliphatic rings. The number of carbonyl (C=O) groups excluding carboxylic acids is 1. The third-order valence-electron chi connectivity index (χ3n) is 3.64. The number of fused-ring (bicyclic) bond motifs is 1. The first-order chi connectivity index (χ1) is 12.1. The molecule has 0 aliphatic carbocycles. The van der Waals surface area contributed by atoms with Gasteiger partial charge in [-0.3, -0.25) is 9.89 Å². The SMILES string of the molecule is C\C=C/C(=C\C=C\F)c1n[nH]c2ccc(C(=O)NCCN(C)C)cc12. The minimum Gasteiger partial charge on any atom is -0.351 e. The molecule has 5 nitrogen and oxygen atoms in total. The van der Waals surface area contributed by atoms with E-state index < -0.39 is 0 Å². The molecule has 0 spiro atoms. The molecule has 0 saturated heterocycles. The highest BCUT2D eigenvalue weighted by atomic mass is 19.1. The zero-order valence-electron chi connectivity index (χ0n) is 14.7. The first kappa shape index (κ1) is 18.6. The van der Waals surface area contributed by atoms with Crippen LogP contribution in [0.4, 0.5) is 4.39 Å². The van der Waals surface area contributed by atoms with Crippen molar-refractivity contribution in [3.8, 4) is 0 Å². The van der Waals surface area contributed by atoms with Gasteiger partial charge in [-0.2, -0.15) is 5.10 Å². The molecule has 1 heterocycles. The number of halogens is 1. The number of nitrogens with zero attached hydrogens (tertiary/aromatic N) is 2. The molecule has 2 rings (SSSR count). The lowest BCUT2D eigenvalue weighted by molar-refractivity contribution is 0.0951. The van der Waals surface area contributed by atoms with E-state index in [2.05, 4.69) is 15.5 Å². The summed E-state index contributed by atoms with van der Waals surface area (Å²) in [6.07, 6.45) is 7.13. The zero-order valence-corrected chi connectivity index (χ0v) is 14.7. The fraction of sp³-hybridized carbons (Fsp3) is 0.263. The lowest BCUT2D eigenvalue weighted by Gasteiger charge is -2.10. The van der Waals surface area contributed by atoms with Gasteiger partial charge in [0.2, 0.25) is 0 Å². The van der Waals surface area contributed by atoms with E-state index >= 15 is 0 Å². The predicted octanol–water partition coefficient (Wildman–Crippen LogP) is 3.30. The lowest BCUT2D eigenvalue weighted by Crippen LogP contribution is -2.31. The fourth-order valence-electron chi connectivity index (χ4n) is 2.40. The van der Waals surface area contributed by atoms with Crippen LogP contribution < -0.4 is 5.32 Å². The van der Waals surface area contributed by atoms with Crippen molar-refractivity contribution in [1.29, 1.82) is 0 Å². The van der Waals surface area contributed by atoms with E-state index in [0.29, 0.717) is 24.1 Å². The van der Waals surface area contributed by atoms with Crippen LogP contribution >= 0.6 is 0 Å². The minimum absolute atomic E-state index is 0.129. The van der Waals surface area contributed by atoms with Gasteiger partial charge in [0.15, 0.2) is 0 Å². The quantitative estimate of drug-likeness (QED) is 0.759. The van der Waals surface area contributed by atoms with Crippen molar-refractivity contribution >= 4 is 22.4 Å². The predicted molar refractivity (Wildman–Crippen MR) is 100 cm³/mol. The lowest BCUT2D eigenvalue weighted by atomic mass is 10.0. The van der Waals surface area contributed by atoms with Crippen molar-refractivity contribution in [1.82, 2.24) is 20.4 Å². The number of nitrogens with one attached hydrogen (secondary N) is 2. The Morgan fingerprint density at radius 2 is 2.20 bits per heavy atom. The molecule has 6 heteroatoms. The number of benzene rings is 1. The third kappa shape index (κ3) is 4.87. The number of H-pyrrole nitrogens is 1. The molecule has 132 valence electrons. The van der Waals surface area contributed by atoms with Gasteiger partial charge in [-0.25, -0.2) is 4.39 Å². The van der Waals surface area contributed by atoms with Gasteiger partial charge in [0.1, 0.15) is 0 Å². The second-order valence-corrected chi connectivity index (χ2v) is 5.83. The normalized spacial score (nSPS) is 12.8. The van der Waals surface area contributed by atoms with E-state index in [0.717, 1.165) is 23.0 Å². The summed E-state index contributed by atoms with van der Waals surface area (Å²) in [5, 5.41) is 11.0. The van der Waals surface area contributed by atoms with E-state index in [1.165, 1.54) is 6.08 Å². The molecule has 0 atom stereocenters. The van der Waals surface area contributed by atoms with Crippen molar-refractivity contribution in [2.75, 3.05) is 27.2 Å². The van der Waals surface area contributed by atoms with E-state index in [-0.39, 0.29) is 5.91 Å². The van der Waals surface area contributed by atoms with Crippen LogP contribution in [0.15, 0.2) is 48.8 Å². The first-order valence-electron chi connectivity index (χ1n) is 8.08. The Balaban J connectivity index is 2.34. The molecule has 0 aliphatic heterocycles. The molecule has 0 bridgehead atoms. The Labute approximate surface area is 146 Å². The number of hydrogen-bond donors (Lipinski definition) is 2. The van der Waals surface area contributed by atoms with Crippen LogP contribution in [0.25, 0.3) is 16.5 Å². The van der Waals surface area contributed by atoms with Crippen LogP contribution in [-0.2, 0) is 0 Å². The Hall–Kier alpha value is -2.73. The molecule has 0 fully saturated rings. The highest BCUT2D eigenvalue weighted by molar-refractivity contribution is 6.01. The van der Waals surface area contributed by atoms with Crippen molar-refractivity contribution < 1.29 is 9.18 Å². The van der Waals surface area contributed by atoms with Crippen LogP contribution in [0.5, 0.6) is 0 Å². The van der Waals surface area contributed by atoms with Gasteiger partial charge >= 0.3 is 0 Å². The topological polar surface area (TPSA) is 61.0 Å². The molecular weight excluding hydrogens is 319 g/mol. The number of hydrogen-bond acceptors (Lipinski definition) is 3. The second-order valence-electron chi connectivity index (χ2n) is 5.83. The number of amides is 1.